The van der Waals surface area contributed by atoms with E-state index in [0.29, 0.717) is 22.5 Å². The molecule has 0 aliphatic heterocycles. The van der Waals surface area contributed by atoms with Gasteiger partial charge < -0.3 is 0 Å². The summed E-state index contributed by atoms with van der Waals surface area (Å²) in [5, 5.41) is 0. The zero-order chi connectivity index (χ0) is 20.6. The highest BCUT2D eigenvalue weighted by Gasteiger charge is 2.20. The summed E-state index contributed by atoms with van der Waals surface area (Å²) < 4.78 is 0. The topological polar surface area (TPSA) is 47.0 Å². The van der Waals surface area contributed by atoms with E-state index < -0.39 is 0 Å². The van der Waals surface area contributed by atoms with E-state index >= 15 is 0 Å². The first kappa shape index (κ1) is 19.7. The summed E-state index contributed by atoms with van der Waals surface area (Å²) in [4.78, 5) is 30.7. The molecule has 1 aromatic heterocycles. The van der Waals surface area contributed by atoms with Crippen LogP contribution in [0.1, 0.15) is 65.5 Å². The number of hydrogen-bond acceptors (Lipinski definition) is 3. The van der Waals surface area contributed by atoms with E-state index in [1.807, 2.05) is 65.8 Å². The number of carbonyl (C=O) groups is 2. The predicted molar refractivity (Wildman–Crippen MR) is 112 cm³/mol. The third kappa shape index (κ3) is 3.65. The second-order valence-electron chi connectivity index (χ2n) is 7.61. The van der Waals surface area contributed by atoms with Gasteiger partial charge in [-0.1, -0.05) is 41.5 Å². The number of carbonyl (C=O) groups excluding carboxylic acids is 2. The number of benzene rings is 2. The molecule has 0 saturated heterocycles. The molecule has 0 aliphatic rings. The molecule has 3 rings (SSSR count). The van der Waals surface area contributed by atoms with Crippen molar-refractivity contribution in [2.24, 2.45) is 0 Å². The van der Waals surface area contributed by atoms with Crippen LogP contribution in [0.3, 0.4) is 0 Å². The van der Waals surface area contributed by atoms with E-state index in [2.05, 4.69) is 4.98 Å². The standard InChI is InChI=1S/C25H25NO2/c1-14-10-16(3)22(17(4)11-14)24(27)20-8-7-9-21(26-20)25(28)23-18(5)12-15(2)13-19(23)6/h7-13H,1-6H3. The Morgan fingerprint density at radius 1 is 0.607 bits per heavy atom. The fourth-order valence-electron chi connectivity index (χ4n) is 4.02. The third-order valence-electron chi connectivity index (χ3n) is 5.02. The van der Waals surface area contributed by atoms with Crippen molar-refractivity contribution < 1.29 is 9.59 Å². The van der Waals surface area contributed by atoms with Gasteiger partial charge in [0.25, 0.3) is 0 Å². The van der Waals surface area contributed by atoms with E-state index in [9.17, 15) is 9.59 Å². The molecule has 28 heavy (non-hydrogen) atoms. The molecule has 0 saturated carbocycles. The van der Waals surface area contributed by atoms with Crippen molar-refractivity contribution >= 4 is 11.6 Å². The van der Waals surface area contributed by atoms with Gasteiger partial charge in [-0.2, -0.15) is 0 Å². The Bertz CT molecular complexity index is 979. The first-order valence-corrected chi connectivity index (χ1v) is 9.41. The zero-order valence-electron chi connectivity index (χ0n) is 17.3. The van der Waals surface area contributed by atoms with E-state index in [1.165, 1.54) is 0 Å². The first-order valence-electron chi connectivity index (χ1n) is 9.41. The molecule has 0 spiro atoms. The van der Waals surface area contributed by atoms with Gasteiger partial charge >= 0.3 is 0 Å². The van der Waals surface area contributed by atoms with Gasteiger partial charge in [0.15, 0.2) is 0 Å². The fraction of sp³-hybridized carbons (Fsp3) is 0.240. The maximum absolute atomic E-state index is 13.1. The van der Waals surface area contributed by atoms with Crippen LogP contribution < -0.4 is 0 Å². The Morgan fingerprint density at radius 2 is 0.929 bits per heavy atom. The number of nitrogens with zero attached hydrogens (tertiary/aromatic N) is 1. The Morgan fingerprint density at radius 3 is 1.25 bits per heavy atom. The summed E-state index contributed by atoms with van der Waals surface area (Å²) >= 11 is 0. The summed E-state index contributed by atoms with van der Waals surface area (Å²) in [6.07, 6.45) is 0. The normalized spacial score (nSPS) is 10.8. The molecule has 0 unspecified atom stereocenters. The van der Waals surface area contributed by atoms with Crippen molar-refractivity contribution in [1.29, 1.82) is 0 Å². The van der Waals surface area contributed by atoms with Crippen LogP contribution in [0.25, 0.3) is 0 Å². The molecule has 0 fully saturated rings. The molecule has 0 aliphatic carbocycles. The molecule has 3 heteroatoms. The van der Waals surface area contributed by atoms with Crippen LogP contribution in [0.4, 0.5) is 0 Å². The summed E-state index contributed by atoms with van der Waals surface area (Å²) in [5.74, 6) is -0.302. The fourth-order valence-corrected chi connectivity index (χ4v) is 4.02. The lowest BCUT2D eigenvalue weighted by Crippen LogP contribution is -2.13. The summed E-state index contributed by atoms with van der Waals surface area (Å²) in [5.41, 5.74) is 7.83. The minimum atomic E-state index is -0.151. The molecule has 3 aromatic rings. The number of aryl methyl sites for hydroxylation is 6. The van der Waals surface area contributed by atoms with Crippen molar-refractivity contribution in [2.75, 3.05) is 0 Å². The van der Waals surface area contributed by atoms with E-state index in [0.717, 1.165) is 33.4 Å². The van der Waals surface area contributed by atoms with Crippen LogP contribution in [0.15, 0.2) is 42.5 Å². The van der Waals surface area contributed by atoms with Gasteiger partial charge in [-0.3, -0.25) is 9.59 Å². The molecular formula is C25H25NO2. The number of ketones is 2. The molecule has 0 amide bonds. The van der Waals surface area contributed by atoms with Gasteiger partial charge in [0.05, 0.1) is 0 Å². The SMILES string of the molecule is Cc1cc(C)c(C(=O)c2cccc(C(=O)c3c(C)cc(C)cc3C)n2)c(C)c1. The monoisotopic (exact) mass is 371 g/mol. The Labute approximate surface area is 166 Å². The molecule has 3 nitrogen and oxygen atoms in total. The van der Waals surface area contributed by atoms with E-state index in [4.69, 9.17) is 0 Å². The maximum atomic E-state index is 13.1. The highest BCUT2D eigenvalue weighted by molar-refractivity contribution is 6.12. The molecular weight excluding hydrogens is 346 g/mol. The van der Waals surface area contributed by atoms with Crippen molar-refractivity contribution in [1.82, 2.24) is 4.98 Å². The minimum Gasteiger partial charge on any atom is -0.287 e. The second-order valence-corrected chi connectivity index (χ2v) is 7.61. The van der Waals surface area contributed by atoms with Crippen LogP contribution in [-0.4, -0.2) is 16.6 Å². The van der Waals surface area contributed by atoms with Gasteiger partial charge in [0, 0.05) is 11.1 Å². The highest BCUT2D eigenvalue weighted by Crippen LogP contribution is 2.22. The number of rotatable bonds is 4. The quantitative estimate of drug-likeness (QED) is 0.577. The number of pyridine rings is 1. The lowest BCUT2D eigenvalue weighted by molar-refractivity contribution is 0.103. The average Bonchev–Trinajstić information content (AvgIpc) is 2.60. The lowest BCUT2D eigenvalue weighted by Gasteiger charge is -2.12. The van der Waals surface area contributed by atoms with Crippen LogP contribution >= 0.6 is 0 Å². The van der Waals surface area contributed by atoms with E-state index in [-0.39, 0.29) is 11.6 Å². The summed E-state index contributed by atoms with van der Waals surface area (Å²) in [7, 11) is 0. The van der Waals surface area contributed by atoms with Gasteiger partial charge in [-0.05, 0) is 75.9 Å². The average molecular weight is 371 g/mol. The zero-order valence-corrected chi connectivity index (χ0v) is 17.3. The van der Waals surface area contributed by atoms with Gasteiger partial charge in [0.2, 0.25) is 11.6 Å². The van der Waals surface area contributed by atoms with Crippen LogP contribution in [-0.2, 0) is 0 Å². The van der Waals surface area contributed by atoms with Gasteiger partial charge in [-0.15, -0.1) is 0 Å². The number of hydrogen-bond donors (Lipinski definition) is 0. The van der Waals surface area contributed by atoms with Crippen LogP contribution in [0, 0.1) is 41.5 Å². The van der Waals surface area contributed by atoms with E-state index in [1.54, 1.807) is 18.2 Å². The molecule has 1 heterocycles. The molecule has 0 radical (unpaired) electrons. The molecule has 0 bridgehead atoms. The number of aromatic nitrogens is 1. The molecule has 0 atom stereocenters. The lowest BCUT2D eigenvalue weighted by atomic mass is 9.93. The Hall–Kier alpha value is -3.07. The largest absolute Gasteiger partial charge is 0.287 e. The Balaban J connectivity index is 2.04. The van der Waals surface area contributed by atoms with Crippen LogP contribution in [0.5, 0.6) is 0 Å². The van der Waals surface area contributed by atoms with Gasteiger partial charge in [-0.25, -0.2) is 4.98 Å². The van der Waals surface area contributed by atoms with Crippen molar-refractivity contribution in [3.63, 3.8) is 0 Å². The molecule has 2 aromatic carbocycles. The molecule has 0 N–H and O–H groups in total. The summed E-state index contributed by atoms with van der Waals surface area (Å²) in [6, 6.07) is 13.1. The highest BCUT2D eigenvalue weighted by atomic mass is 16.1. The third-order valence-corrected chi connectivity index (χ3v) is 5.02. The molecule has 142 valence electrons. The summed E-state index contributed by atoms with van der Waals surface area (Å²) in [6.45, 7) is 11.8. The predicted octanol–water partition coefficient (Wildman–Crippen LogP) is 5.39. The smallest absolute Gasteiger partial charge is 0.211 e. The Kier molecular flexibility index (Phi) is 5.28. The first-order chi connectivity index (χ1) is 13.2. The maximum Gasteiger partial charge on any atom is 0.211 e. The van der Waals surface area contributed by atoms with Crippen molar-refractivity contribution in [3.05, 3.63) is 98.4 Å². The second kappa shape index (κ2) is 7.51. The van der Waals surface area contributed by atoms with Crippen molar-refractivity contribution in [3.8, 4) is 0 Å². The minimum absolute atomic E-state index is 0.151. The van der Waals surface area contributed by atoms with Gasteiger partial charge in [0.1, 0.15) is 11.4 Å². The van der Waals surface area contributed by atoms with Crippen LogP contribution in [0.2, 0.25) is 0 Å². The van der Waals surface area contributed by atoms with Crippen molar-refractivity contribution in [2.45, 2.75) is 41.5 Å².